The van der Waals surface area contributed by atoms with Gasteiger partial charge in [0.15, 0.2) is 0 Å². The van der Waals surface area contributed by atoms with Gasteiger partial charge in [0.25, 0.3) is 0 Å². The average Bonchev–Trinajstić information content (AvgIpc) is 3.59. The quantitative estimate of drug-likeness (QED) is 0.586. The van der Waals surface area contributed by atoms with Crippen LogP contribution in [0.15, 0.2) is 30.5 Å². The number of hydrogen-bond acceptors (Lipinski definition) is 6. The van der Waals surface area contributed by atoms with Gasteiger partial charge in [0, 0.05) is 36.8 Å². The fourth-order valence-corrected chi connectivity index (χ4v) is 4.30. The zero-order chi connectivity index (χ0) is 22.7. The predicted molar refractivity (Wildman–Crippen MR) is 125 cm³/mol. The lowest BCUT2D eigenvalue weighted by Crippen LogP contribution is -2.35. The molecule has 3 heterocycles. The first-order valence-electron chi connectivity index (χ1n) is 11.0. The number of rotatable bonds is 7. The summed E-state index contributed by atoms with van der Waals surface area (Å²) in [4.78, 5) is 23.7. The number of carbonyl (C=O) groups excluding carboxylic acids is 1. The Balaban J connectivity index is 1.38. The molecule has 2 fully saturated rings. The minimum Gasteiger partial charge on any atom is -0.356 e. The molecule has 0 radical (unpaired) electrons. The maximum absolute atomic E-state index is 12.4. The molecule has 3 N–H and O–H groups in total. The minimum atomic E-state index is -3.40. The maximum atomic E-state index is 12.4. The largest absolute Gasteiger partial charge is 0.356 e. The molecule has 2 aromatic heterocycles. The molecule has 1 aliphatic heterocycles. The minimum absolute atomic E-state index is 0.195. The highest BCUT2D eigenvalue weighted by molar-refractivity contribution is 7.92. The Kier molecular flexibility index (Phi) is 6.50. The van der Waals surface area contributed by atoms with Gasteiger partial charge in [0.05, 0.1) is 18.1 Å². The SMILES string of the molecule is CC1CCN(c2nc(C3CC3)ccc2CNC(=O)Nc2ccc(NS(C)(=O)=O)nc2)CC1. The van der Waals surface area contributed by atoms with Crippen molar-refractivity contribution in [3.05, 3.63) is 41.7 Å². The van der Waals surface area contributed by atoms with Gasteiger partial charge in [-0.3, -0.25) is 4.72 Å². The molecule has 1 saturated carbocycles. The second-order valence-electron chi connectivity index (χ2n) is 8.78. The number of amides is 2. The van der Waals surface area contributed by atoms with Gasteiger partial charge in [-0.2, -0.15) is 0 Å². The maximum Gasteiger partial charge on any atom is 0.319 e. The van der Waals surface area contributed by atoms with Gasteiger partial charge in [-0.1, -0.05) is 13.0 Å². The van der Waals surface area contributed by atoms with Crippen LogP contribution in [0, 0.1) is 5.92 Å². The van der Waals surface area contributed by atoms with E-state index in [1.54, 1.807) is 6.07 Å². The molecule has 1 saturated heterocycles. The molecule has 172 valence electrons. The molecule has 32 heavy (non-hydrogen) atoms. The first-order chi connectivity index (χ1) is 15.3. The van der Waals surface area contributed by atoms with Crippen molar-refractivity contribution in [2.45, 2.75) is 45.1 Å². The van der Waals surface area contributed by atoms with Crippen LogP contribution in [0.4, 0.5) is 22.1 Å². The number of nitrogens with one attached hydrogen (secondary N) is 3. The van der Waals surface area contributed by atoms with Gasteiger partial charge in [0.2, 0.25) is 10.0 Å². The summed E-state index contributed by atoms with van der Waals surface area (Å²) in [5, 5.41) is 5.62. The normalized spacial score (nSPS) is 17.1. The summed E-state index contributed by atoms with van der Waals surface area (Å²) in [5.74, 6) is 2.49. The summed E-state index contributed by atoms with van der Waals surface area (Å²) in [6, 6.07) is 6.89. The molecular weight excluding hydrogens is 428 g/mol. The Morgan fingerprint density at radius 1 is 1.12 bits per heavy atom. The van der Waals surface area contributed by atoms with E-state index in [0.717, 1.165) is 55.2 Å². The molecule has 0 aromatic carbocycles. The summed E-state index contributed by atoms with van der Waals surface area (Å²) in [6.07, 6.45) is 7.17. The van der Waals surface area contributed by atoms with Crippen LogP contribution in [0.1, 0.15) is 49.8 Å². The van der Waals surface area contributed by atoms with Crippen molar-refractivity contribution in [3.63, 3.8) is 0 Å². The zero-order valence-electron chi connectivity index (χ0n) is 18.5. The van der Waals surface area contributed by atoms with E-state index in [-0.39, 0.29) is 11.8 Å². The number of hydrogen-bond donors (Lipinski definition) is 3. The van der Waals surface area contributed by atoms with Crippen molar-refractivity contribution < 1.29 is 13.2 Å². The van der Waals surface area contributed by atoms with Crippen molar-refractivity contribution in [3.8, 4) is 0 Å². The van der Waals surface area contributed by atoms with Crippen molar-refractivity contribution in [1.29, 1.82) is 0 Å². The molecule has 9 nitrogen and oxygen atoms in total. The zero-order valence-corrected chi connectivity index (χ0v) is 19.3. The third-order valence-corrected chi connectivity index (χ3v) is 6.39. The molecule has 0 atom stereocenters. The highest BCUT2D eigenvalue weighted by Gasteiger charge is 2.27. The van der Waals surface area contributed by atoms with Gasteiger partial charge in [0.1, 0.15) is 11.6 Å². The van der Waals surface area contributed by atoms with Gasteiger partial charge >= 0.3 is 6.03 Å². The van der Waals surface area contributed by atoms with Crippen LogP contribution in [-0.4, -0.2) is 43.8 Å². The molecule has 2 aromatic rings. The van der Waals surface area contributed by atoms with Crippen LogP contribution in [0.25, 0.3) is 0 Å². The lowest BCUT2D eigenvalue weighted by Gasteiger charge is -2.33. The fourth-order valence-electron chi connectivity index (χ4n) is 3.80. The van der Waals surface area contributed by atoms with E-state index in [4.69, 9.17) is 4.98 Å². The Labute approximate surface area is 189 Å². The molecular formula is C22H30N6O3S. The summed E-state index contributed by atoms with van der Waals surface area (Å²) < 4.78 is 24.8. The molecule has 0 spiro atoms. The molecule has 1 aliphatic carbocycles. The topological polar surface area (TPSA) is 116 Å². The third-order valence-electron chi connectivity index (χ3n) is 5.81. The van der Waals surface area contributed by atoms with Gasteiger partial charge < -0.3 is 15.5 Å². The van der Waals surface area contributed by atoms with E-state index in [1.807, 2.05) is 0 Å². The fraction of sp³-hybridized carbons (Fsp3) is 0.500. The Morgan fingerprint density at radius 2 is 1.88 bits per heavy atom. The lowest BCUT2D eigenvalue weighted by atomic mass is 9.99. The van der Waals surface area contributed by atoms with Crippen molar-refractivity contribution in [2.24, 2.45) is 5.92 Å². The molecule has 10 heteroatoms. The van der Waals surface area contributed by atoms with E-state index in [2.05, 4.69) is 44.3 Å². The van der Waals surface area contributed by atoms with Crippen LogP contribution in [-0.2, 0) is 16.6 Å². The molecule has 4 rings (SSSR count). The molecule has 0 unspecified atom stereocenters. The summed E-state index contributed by atoms with van der Waals surface area (Å²) in [6.45, 7) is 4.63. The first-order valence-corrected chi connectivity index (χ1v) is 12.9. The van der Waals surface area contributed by atoms with Crippen LogP contribution >= 0.6 is 0 Å². The number of piperidine rings is 1. The number of pyridine rings is 2. The summed E-state index contributed by atoms with van der Waals surface area (Å²) >= 11 is 0. The number of nitrogens with zero attached hydrogens (tertiary/aromatic N) is 3. The number of anilines is 3. The average molecular weight is 459 g/mol. The van der Waals surface area contributed by atoms with Crippen LogP contribution < -0.4 is 20.3 Å². The van der Waals surface area contributed by atoms with E-state index < -0.39 is 10.0 Å². The van der Waals surface area contributed by atoms with Crippen molar-refractivity contribution in [2.75, 3.05) is 34.3 Å². The number of carbonyl (C=O) groups is 1. The highest BCUT2D eigenvalue weighted by Crippen LogP contribution is 2.40. The second kappa shape index (κ2) is 9.32. The van der Waals surface area contributed by atoms with Crippen LogP contribution in [0.2, 0.25) is 0 Å². The number of aromatic nitrogens is 2. The summed E-state index contributed by atoms with van der Waals surface area (Å²) in [5.41, 5.74) is 2.62. The third kappa shape index (κ3) is 6.09. The van der Waals surface area contributed by atoms with Crippen molar-refractivity contribution >= 4 is 33.4 Å². The van der Waals surface area contributed by atoms with Gasteiger partial charge in [-0.05, 0) is 49.8 Å². The van der Waals surface area contributed by atoms with Crippen LogP contribution in [0.5, 0.6) is 0 Å². The van der Waals surface area contributed by atoms with E-state index >= 15 is 0 Å². The highest BCUT2D eigenvalue weighted by atomic mass is 32.2. The van der Waals surface area contributed by atoms with Gasteiger partial charge in [-0.15, -0.1) is 0 Å². The molecule has 0 bridgehead atoms. The summed E-state index contributed by atoms with van der Waals surface area (Å²) in [7, 11) is -3.40. The standard InChI is InChI=1S/C22H30N6O3S/c1-15-9-11-28(12-10-15)21-17(5-7-19(26-21)16-3-4-16)13-24-22(29)25-18-6-8-20(23-14-18)27-32(2,30)31/h5-8,14-16H,3-4,9-13H2,1-2H3,(H,23,27)(H2,24,25,29). The molecule has 2 amide bonds. The van der Waals surface area contributed by atoms with Gasteiger partial charge in [-0.25, -0.2) is 23.2 Å². The van der Waals surface area contributed by atoms with Crippen molar-refractivity contribution in [1.82, 2.24) is 15.3 Å². The number of urea groups is 1. The second-order valence-corrected chi connectivity index (χ2v) is 10.5. The smallest absolute Gasteiger partial charge is 0.319 e. The van der Waals surface area contributed by atoms with Crippen LogP contribution in [0.3, 0.4) is 0 Å². The first kappa shape index (κ1) is 22.3. The predicted octanol–water partition coefficient (Wildman–Crippen LogP) is 3.28. The van der Waals surface area contributed by atoms with E-state index in [1.165, 1.54) is 25.1 Å². The lowest BCUT2D eigenvalue weighted by molar-refractivity contribution is 0.251. The Morgan fingerprint density at radius 3 is 2.50 bits per heavy atom. The monoisotopic (exact) mass is 458 g/mol. The molecule has 2 aliphatic rings. The number of sulfonamides is 1. The van der Waals surface area contributed by atoms with E-state index in [9.17, 15) is 13.2 Å². The Hall–Kier alpha value is -2.88. The van der Waals surface area contributed by atoms with E-state index in [0.29, 0.717) is 18.2 Å². The Bertz CT molecular complexity index is 1060.